The molecule has 29 heavy (non-hydrogen) atoms. The van der Waals surface area contributed by atoms with E-state index in [4.69, 9.17) is 11.6 Å². The van der Waals surface area contributed by atoms with Crippen molar-refractivity contribution >= 4 is 28.9 Å². The topological polar surface area (TPSA) is 72.4 Å². The van der Waals surface area contributed by atoms with Crippen LogP contribution < -0.4 is 4.72 Å². The maximum Gasteiger partial charge on any atom is 0.305 e. The van der Waals surface area contributed by atoms with E-state index >= 15 is 0 Å². The van der Waals surface area contributed by atoms with Crippen molar-refractivity contribution in [1.29, 1.82) is 0 Å². The van der Waals surface area contributed by atoms with Crippen LogP contribution in [0.3, 0.4) is 0 Å². The Labute approximate surface area is 179 Å². The lowest BCUT2D eigenvalue weighted by atomic mass is 9.91. The minimum Gasteiger partial charge on any atom is -0.598 e. The van der Waals surface area contributed by atoms with Gasteiger partial charge in [-0.25, -0.2) is 4.39 Å². The van der Waals surface area contributed by atoms with Gasteiger partial charge in [-0.15, -0.1) is 4.72 Å². The zero-order chi connectivity index (χ0) is 22.1. The van der Waals surface area contributed by atoms with Crippen molar-refractivity contribution in [3.63, 3.8) is 0 Å². The first-order valence-corrected chi connectivity index (χ1v) is 10.8. The van der Waals surface area contributed by atoms with Gasteiger partial charge in [0, 0.05) is 16.9 Å². The normalized spacial score (nSPS) is 14.0. The third kappa shape index (κ3) is 5.72. The number of hydrogen-bond donors (Lipinski definition) is 2. The Bertz CT molecular complexity index is 904. The Morgan fingerprint density at radius 1 is 1.21 bits per heavy atom. The smallest absolute Gasteiger partial charge is 0.305 e. The zero-order valence-corrected chi connectivity index (χ0v) is 19.1. The highest BCUT2D eigenvalue weighted by Crippen LogP contribution is 2.36. The van der Waals surface area contributed by atoms with Crippen molar-refractivity contribution in [2.75, 3.05) is 0 Å². The number of carbonyl (C=O) groups is 1. The zero-order valence-electron chi connectivity index (χ0n) is 17.5. The van der Waals surface area contributed by atoms with E-state index in [0.717, 1.165) is 22.3 Å². The predicted molar refractivity (Wildman–Crippen MR) is 117 cm³/mol. The van der Waals surface area contributed by atoms with E-state index in [-0.39, 0.29) is 10.6 Å². The van der Waals surface area contributed by atoms with Gasteiger partial charge >= 0.3 is 5.97 Å². The third-order valence-electron chi connectivity index (χ3n) is 4.58. The number of carboxylic acid groups (broad SMARTS) is 1. The molecule has 2 N–H and O–H groups in total. The quantitative estimate of drug-likeness (QED) is 0.571. The fraction of sp³-hybridized carbons (Fsp3) is 0.409. The van der Waals surface area contributed by atoms with Gasteiger partial charge in [-0.2, -0.15) is 0 Å². The molecule has 0 saturated carbocycles. The van der Waals surface area contributed by atoms with E-state index in [0.29, 0.717) is 5.56 Å². The molecule has 0 radical (unpaired) electrons. The summed E-state index contributed by atoms with van der Waals surface area (Å²) in [5.74, 6) is -1.83. The number of carboxylic acids is 1. The van der Waals surface area contributed by atoms with E-state index in [9.17, 15) is 18.8 Å². The molecule has 0 aliphatic heterocycles. The first-order chi connectivity index (χ1) is 13.3. The van der Waals surface area contributed by atoms with E-state index in [1.807, 2.05) is 32.9 Å². The SMILES string of the molecule is Cc1cc(C)c(-c2cc(Cl)c(F)c([C@H](CC(=O)O)N[S@+]([O-])C(C)(C)C)c2)c(C)c1. The maximum absolute atomic E-state index is 14.9. The largest absolute Gasteiger partial charge is 0.598 e. The first-order valence-electron chi connectivity index (χ1n) is 9.28. The second-order valence-electron chi connectivity index (χ2n) is 8.28. The van der Waals surface area contributed by atoms with Crippen LogP contribution in [0.4, 0.5) is 4.39 Å². The molecule has 0 spiro atoms. The molecule has 0 aliphatic carbocycles. The molecule has 0 unspecified atom stereocenters. The summed E-state index contributed by atoms with van der Waals surface area (Å²) in [6.45, 7) is 11.2. The highest BCUT2D eigenvalue weighted by molar-refractivity contribution is 7.90. The molecule has 0 aromatic heterocycles. The van der Waals surface area contributed by atoms with Gasteiger partial charge in [0.05, 0.1) is 17.5 Å². The second kappa shape index (κ2) is 9.04. The van der Waals surface area contributed by atoms with Gasteiger partial charge in [0.2, 0.25) is 0 Å². The minimum absolute atomic E-state index is 0.0897. The third-order valence-corrected chi connectivity index (χ3v) is 6.47. The molecule has 0 saturated heterocycles. The summed E-state index contributed by atoms with van der Waals surface area (Å²) in [5.41, 5.74) is 4.84. The minimum atomic E-state index is -1.59. The van der Waals surface area contributed by atoms with Gasteiger partial charge in [-0.05, 0) is 75.9 Å². The number of rotatable bonds is 6. The predicted octanol–water partition coefficient (Wildman–Crippen LogP) is 5.64. The molecule has 2 atom stereocenters. The van der Waals surface area contributed by atoms with E-state index < -0.39 is 40.4 Å². The molecule has 158 valence electrons. The van der Waals surface area contributed by atoms with E-state index in [2.05, 4.69) is 4.72 Å². The molecule has 4 nitrogen and oxygen atoms in total. The Balaban J connectivity index is 2.62. The van der Waals surface area contributed by atoms with Crippen molar-refractivity contribution in [2.45, 2.75) is 58.8 Å². The van der Waals surface area contributed by atoms with Crippen molar-refractivity contribution in [1.82, 2.24) is 4.72 Å². The molecule has 0 aliphatic rings. The highest BCUT2D eigenvalue weighted by Gasteiger charge is 2.32. The fourth-order valence-electron chi connectivity index (χ4n) is 3.34. The van der Waals surface area contributed by atoms with Gasteiger partial charge in [-0.3, -0.25) is 4.79 Å². The van der Waals surface area contributed by atoms with Crippen LogP contribution in [0.2, 0.25) is 5.02 Å². The molecule has 2 aromatic carbocycles. The highest BCUT2D eigenvalue weighted by atomic mass is 35.5. The molecule has 0 bridgehead atoms. The van der Waals surface area contributed by atoms with Crippen LogP contribution in [-0.2, 0) is 16.2 Å². The van der Waals surface area contributed by atoms with Crippen molar-refractivity contribution < 1.29 is 18.8 Å². The molecule has 7 heteroatoms. The van der Waals surface area contributed by atoms with Crippen LogP contribution in [0.1, 0.15) is 55.5 Å². The molecule has 2 rings (SSSR count). The number of aryl methyl sites for hydroxylation is 3. The van der Waals surface area contributed by atoms with Gasteiger partial charge in [0.15, 0.2) is 0 Å². The summed E-state index contributed by atoms with van der Waals surface area (Å²) in [7, 11) is 0. The Morgan fingerprint density at radius 2 is 1.76 bits per heavy atom. The van der Waals surface area contributed by atoms with Gasteiger partial charge < -0.3 is 9.66 Å². The molecular formula is C22H27ClFNO3S. The van der Waals surface area contributed by atoms with Gasteiger partial charge in [0.25, 0.3) is 0 Å². The molecule has 0 amide bonds. The summed E-state index contributed by atoms with van der Waals surface area (Å²) in [6, 6.07) is 6.22. The average molecular weight is 440 g/mol. The number of hydrogen-bond acceptors (Lipinski definition) is 3. The Kier molecular flexibility index (Phi) is 7.38. The summed E-state index contributed by atoms with van der Waals surface area (Å²) in [4.78, 5) is 11.4. The van der Waals surface area contributed by atoms with Gasteiger partial charge in [0.1, 0.15) is 10.6 Å². The standard InChI is InChI=1S/C22H27ClFNO3S/c1-12-7-13(2)20(14(3)8-12)15-9-16(21(24)17(23)10-15)18(11-19(26)27)25-29(28)22(4,5)6/h7-10,18,25H,11H2,1-6H3,(H,26,27)/t18-,29+/m0/s1. The summed E-state index contributed by atoms with van der Waals surface area (Å²) in [5, 5.41) is 9.23. The van der Waals surface area contributed by atoms with Gasteiger partial charge in [-0.1, -0.05) is 29.3 Å². The lowest BCUT2D eigenvalue weighted by molar-refractivity contribution is -0.137. The lowest BCUT2D eigenvalue weighted by Gasteiger charge is -2.28. The fourth-order valence-corrected chi connectivity index (χ4v) is 4.39. The maximum atomic E-state index is 14.9. The van der Waals surface area contributed by atoms with Crippen LogP contribution >= 0.6 is 11.6 Å². The molecule has 0 fully saturated rings. The first kappa shape index (κ1) is 23.7. The van der Waals surface area contributed by atoms with Crippen LogP contribution in [0, 0.1) is 26.6 Å². The summed E-state index contributed by atoms with van der Waals surface area (Å²) in [6.07, 6.45) is -0.426. The number of aliphatic carboxylic acids is 1. The van der Waals surface area contributed by atoms with E-state index in [1.165, 1.54) is 0 Å². The van der Waals surface area contributed by atoms with Crippen molar-refractivity contribution in [2.24, 2.45) is 0 Å². The lowest BCUT2D eigenvalue weighted by Crippen LogP contribution is -2.42. The number of nitrogens with one attached hydrogen (secondary N) is 1. The molecule has 2 aromatic rings. The average Bonchev–Trinajstić information content (AvgIpc) is 2.54. The molecular weight excluding hydrogens is 413 g/mol. The number of halogens is 2. The van der Waals surface area contributed by atoms with Crippen LogP contribution in [0.25, 0.3) is 11.1 Å². The Morgan fingerprint density at radius 3 is 2.24 bits per heavy atom. The van der Waals surface area contributed by atoms with Crippen molar-refractivity contribution in [3.8, 4) is 11.1 Å². The summed E-state index contributed by atoms with van der Waals surface area (Å²) < 4.78 is 29.7. The van der Waals surface area contributed by atoms with E-state index in [1.54, 1.807) is 32.9 Å². The Hall–Kier alpha value is -1.60. The van der Waals surface area contributed by atoms with Crippen LogP contribution in [-0.4, -0.2) is 20.4 Å². The van der Waals surface area contributed by atoms with Crippen LogP contribution in [0.15, 0.2) is 24.3 Å². The summed E-state index contributed by atoms with van der Waals surface area (Å²) >= 11 is 4.60. The van der Waals surface area contributed by atoms with Crippen LogP contribution in [0.5, 0.6) is 0 Å². The molecule has 0 heterocycles. The monoisotopic (exact) mass is 439 g/mol. The second-order valence-corrected chi connectivity index (χ2v) is 10.7. The van der Waals surface area contributed by atoms with Crippen molar-refractivity contribution in [3.05, 3.63) is 57.4 Å². The number of benzene rings is 2.